The van der Waals surface area contributed by atoms with E-state index in [0.717, 1.165) is 82.6 Å². The van der Waals surface area contributed by atoms with E-state index in [1.165, 1.54) is 5.56 Å². The molecule has 146 valence electrons. The Hall–Kier alpha value is -1.30. The summed E-state index contributed by atoms with van der Waals surface area (Å²) in [4.78, 5) is 4.26. The third-order valence-electron chi connectivity index (χ3n) is 4.52. The van der Waals surface area contributed by atoms with Crippen LogP contribution in [0.1, 0.15) is 31.2 Å². The highest BCUT2D eigenvalue weighted by Gasteiger charge is 2.13. The van der Waals surface area contributed by atoms with E-state index in [1.807, 2.05) is 12.1 Å². The maximum atomic E-state index is 5.90. The number of benzene rings is 1. The summed E-state index contributed by atoms with van der Waals surface area (Å²) in [5.74, 6) is 1.53. The van der Waals surface area contributed by atoms with E-state index in [-0.39, 0.29) is 0 Å². The number of aliphatic imine (C=N–C) groups is 1. The van der Waals surface area contributed by atoms with Gasteiger partial charge in [0, 0.05) is 51.6 Å². The van der Waals surface area contributed by atoms with Gasteiger partial charge in [0.15, 0.2) is 5.96 Å². The monoisotopic (exact) mass is 381 g/mol. The summed E-state index contributed by atoms with van der Waals surface area (Å²) in [6, 6.07) is 8.04. The Morgan fingerprint density at radius 2 is 1.85 bits per heavy atom. The number of aryl methyl sites for hydroxylation is 1. The highest BCUT2D eigenvalue weighted by Crippen LogP contribution is 2.14. The van der Waals surface area contributed by atoms with Gasteiger partial charge in [-0.15, -0.1) is 0 Å². The SMILES string of the molecule is CN=C(NCCCOCC1CCOCC1)NCCCc1ccc(Cl)cc1. The normalized spacial score (nSPS) is 15.8. The van der Waals surface area contributed by atoms with E-state index in [1.54, 1.807) is 7.05 Å². The third kappa shape index (κ3) is 8.88. The average molecular weight is 382 g/mol. The number of guanidine groups is 1. The lowest BCUT2D eigenvalue weighted by molar-refractivity contribution is 0.0203. The second-order valence-electron chi connectivity index (χ2n) is 6.64. The van der Waals surface area contributed by atoms with Crippen molar-refractivity contribution in [3.05, 3.63) is 34.9 Å². The van der Waals surface area contributed by atoms with Gasteiger partial charge in [-0.25, -0.2) is 0 Å². The molecule has 0 atom stereocenters. The minimum absolute atomic E-state index is 0.673. The third-order valence-corrected chi connectivity index (χ3v) is 4.78. The molecule has 1 aromatic rings. The Kier molecular flexibility index (Phi) is 10.5. The van der Waals surface area contributed by atoms with E-state index in [4.69, 9.17) is 21.1 Å². The number of ether oxygens (including phenoxy) is 2. The lowest BCUT2D eigenvalue weighted by Crippen LogP contribution is -2.38. The van der Waals surface area contributed by atoms with Gasteiger partial charge < -0.3 is 20.1 Å². The van der Waals surface area contributed by atoms with E-state index in [9.17, 15) is 0 Å². The lowest BCUT2D eigenvalue weighted by atomic mass is 10.0. The number of rotatable bonds is 10. The molecule has 2 rings (SSSR count). The molecular formula is C20H32ClN3O2. The van der Waals surface area contributed by atoms with Crippen molar-refractivity contribution in [2.75, 3.05) is 46.6 Å². The largest absolute Gasteiger partial charge is 0.381 e. The zero-order valence-corrected chi connectivity index (χ0v) is 16.6. The van der Waals surface area contributed by atoms with E-state index < -0.39 is 0 Å². The van der Waals surface area contributed by atoms with Crippen LogP contribution >= 0.6 is 11.6 Å². The second kappa shape index (κ2) is 13.0. The fourth-order valence-corrected chi connectivity index (χ4v) is 3.04. The molecule has 1 aliphatic heterocycles. The van der Waals surface area contributed by atoms with Gasteiger partial charge in [0.25, 0.3) is 0 Å². The van der Waals surface area contributed by atoms with Crippen LogP contribution in [0, 0.1) is 5.92 Å². The first-order valence-electron chi connectivity index (χ1n) is 9.62. The molecular weight excluding hydrogens is 350 g/mol. The van der Waals surface area contributed by atoms with Crippen molar-refractivity contribution >= 4 is 17.6 Å². The minimum Gasteiger partial charge on any atom is -0.381 e. The molecule has 1 heterocycles. The summed E-state index contributed by atoms with van der Waals surface area (Å²) in [5, 5.41) is 7.47. The lowest BCUT2D eigenvalue weighted by Gasteiger charge is -2.21. The summed E-state index contributed by atoms with van der Waals surface area (Å²) in [6.07, 6.45) is 5.32. The van der Waals surface area contributed by atoms with Crippen LogP contribution < -0.4 is 10.6 Å². The standard InChI is InChI=1S/C20H32ClN3O2/c1-22-20(23-11-2-4-17-5-7-19(21)8-6-17)24-12-3-13-26-16-18-9-14-25-15-10-18/h5-8,18H,2-4,9-16H2,1H3,(H2,22,23,24). The number of halogens is 1. The number of nitrogens with zero attached hydrogens (tertiary/aromatic N) is 1. The molecule has 0 bridgehead atoms. The first-order chi connectivity index (χ1) is 12.8. The molecule has 0 spiro atoms. The van der Waals surface area contributed by atoms with Gasteiger partial charge in [0.2, 0.25) is 0 Å². The first-order valence-corrected chi connectivity index (χ1v) is 10.00. The molecule has 0 amide bonds. The Bertz CT molecular complexity index is 516. The van der Waals surface area contributed by atoms with Crippen LogP contribution in [0.5, 0.6) is 0 Å². The number of hydrogen-bond acceptors (Lipinski definition) is 3. The highest BCUT2D eigenvalue weighted by molar-refractivity contribution is 6.30. The molecule has 26 heavy (non-hydrogen) atoms. The number of hydrogen-bond donors (Lipinski definition) is 2. The van der Waals surface area contributed by atoms with Crippen molar-refractivity contribution in [3.8, 4) is 0 Å². The topological polar surface area (TPSA) is 54.9 Å². The summed E-state index contributed by atoms with van der Waals surface area (Å²) in [5.41, 5.74) is 1.31. The Morgan fingerprint density at radius 1 is 1.15 bits per heavy atom. The van der Waals surface area contributed by atoms with Crippen molar-refractivity contribution in [1.29, 1.82) is 0 Å². The van der Waals surface area contributed by atoms with Gasteiger partial charge in [-0.3, -0.25) is 4.99 Å². The number of nitrogens with one attached hydrogen (secondary N) is 2. The van der Waals surface area contributed by atoms with Gasteiger partial charge in [-0.1, -0.05) is 23.7 Å². The van der Waals surface area contributed by atoms with Crippen LogP contribution in [-0.4, -0.2) is 52.5 Å². The zero-order chi connectivity index (χ0) is 18.5. The summed E-state index contributed by atoms with van der Waals surface area (Å²) < 4.78 is 11.1. The predicted molar refractivity (Wildman–Crippen MR) is 108 cm³/mol. The molecule has 0 radical (unpaired) electrons. The second-order valence-corrected chi connectivity index (χ2v) is 7.08. The van der Waals surface area contributed by atoms with Gasteiger partial charge in [-0.05, 0) is 55.7 Å². The fraction of sp³-hybridized carbons (Fsp3) is 0.650. The summed E-state index contributed by atoms with van der Waals surface area (Å²) in [7, 11) is 1.80. The highest BCUT2D eigenvalue weighted by atomic mass is 35.5. The molecule has 2 N–H and O–H groups in total. The van der Waals surface area contributed by atoms with Crippen LogP contribution in [0.4, 0.5) is 0 Å². The van der Waals surface area contributed by atoms with Gasteiger partial charge in [-0.2, -0.15) is 0 Å². The Balaban J connectivity index is 1.46. The summed E-state index contributed by atoms with van der Waals surface area (Å²) in [6.45, 7) is 5.18. The van der Waals surface area contributed by atoms with Crippen molar-refractivity contribution in [1.82, 2.24) is 10.6 Å². The fourth-order valence-electron chi connectivity index (χ4n) is 2.92. The van der Waals surface area contributed by atoms with Gasteiger partial charge >= 0.3 is 0 Å². The van der Waals surface area contributed by atoms with Crippen LogP contribution in [0.2, 0.25) is 5.02 Å². The van der Waals surface area contributed by atoms with E-state index >= 15 is 0 Å². The maximum Gasteiger partial charge on any atom is 0.190 e. The van der Waals surface area contributed by atoms with E-state index in [2.05, 4.69) is 27.8 Å². The molecule has 0 aromatic heterocycles. The molecule has 0 saturated carbocycles. The van der Waals surface area contributed by atoms with Crippen LogP contribution in [0.25, 0.3) is 0 Å². The van der Waals surface area contributed by atoms with Crippen LogP contribution in [0.3, 0.4) is 0 Å². The van der Waals surface area contributed by atoms with Crippen molar-refractivity contribution in [2.45, 2.75) is 32.1 Å². The average Bonchev–Trinajstić information content (AvgIpc) is 2.68. The van der Waals surface area contributed by atoms with Crippen LogP contribution in [0.15, 0.2) is 29.3 Å². The molecule has 5 nitrogen and oxygen atoms in total. The smallest absolute Gasteiger partial charge is 0.190 e. The molecule has 1 saturated heterocycles. The quantitative estimate of drug-likeness (QED) is 0.371. The molecule has 6 heteroatoms. The molecule has 0 aliphatic carbocycles. The maximum absolute atomic E-state index is 5.90. The van der Waals surface area contributed by atoms with Crippen LogP contribution in [-0.2, 0) is 15.9 Å². The van der Waals surface area contributed by atoms with Crippen molar-refractivity contribution < 1.29 is 9.47 Å². The molecule has 0 unspecified atom stereocenters. The summed E-state index contributed by atoms with van der Waals surface area (Å²) >= 11 is 5.90. The molecule has 1 fully saturated rings. The molecule has 1 aliphatic rings. The van der Waals surface area contributed by atoms with Crippen molar-refractivity contribution in [3.63, 3.8) is 0 Å². The zero-order valence-electron chi connectivity index (χ0n) is 15.8. The van der Waals surface area contributed by atoms with Gasteiger partial charge in [0.05, 0.1) is 0 Å². The first kappa shape index (κ1) is 21.0. The minimum atomic E-state index is 0.673. The van der Waals surface area contributed by atoms with E-state index in [0.29, 0.717) is 5.92 Å². The predicted octanol–water partition coefficient (Wildman–Crippen LogP) is 3.27. The van der Waals surface area contributed by atoms with Gasteiger partial charge in [0.1, 0.15) is 0 Å². The Labute approximate surface area is 162 Å². The molecule has 1 aromatic carbocycles. The Morgan fingerprint density at radius 3 is 2.54 bits per heavy atom. The van der Waals surface area contributed by atoms with Crippen molar-refractivity contribution in [2.24, 2.45) is 10.9 Å².